The van der Waals surface area contributed by atoms with Gasteiger partial charge in [-0.25, -0.2) is 0 Å². The average molecular weight is 391 g/mol. The molecule has 0 spiro atoms. The number of ether oxygens (including phenoxy) is 1. The van der Waals surface area contributed by atoms with Gasteiger partial charge in [-0.15, -0.1) is 11.3 Å². The van der Waals surface area contributed by atoms with Crippen LogP contribution in [0.3, 0.4) is 0 Å². The van der Waals surface area contributed by atoms with Gasteiger partial charge >= 0.3 is 0 Å². The summed E-state index contributed by atoms with van der Waals surface area (Å²) in [7, 11) is 1.89. The fraction of sp³-hybridized carbons (Fsp3) is 0.182. The minimum absolute atomic E-state index is 0.0785. The standard InChI is InChI=1S/C22H21N3O2S/c1-15-19(12-24-25(15)2)11-23-22(26)21-9-16(14-28-21)13-27-20-8-7-17-5-3-4-6-18(17)10-20/h3-10,12,14H,11,13H2,1-2H3,(H,23,26). The molecule has 0 saturated carbocycles. The Morgan fingerprint density at radius 1 is 1.18 bits per heavy atom. The van der Waals surface area contributed by atoms with Gasteiger partial charge in [0.25, 0.3) is 5.91 Å². The van der Waals surface area contributed by atoms with Crippen molar-refractivity contribution in [3.63, 3.8) is 0 Å². The molecule has 2 aromatic heterocycles. The van der Waals surface area contributed by atoms with Crippen LogP contribution in [0.2, 0.25) is 0 Å². The quantitative estimate of drug-likeness (QED) is 0.528. The van der Waals surface area contributed by atoms with Gasteiger partial charge in [0.2, 0.25) is 0 Å². The van der Waals surface area contributed by atoms with Crippen LogP contribution in [0, 0.1) is 6.92 Å². The molecule has 4 aromatic rings. The Hall–Kier alpha value is -3.12. The summed E-state index contributed by atoms with van der Waals surface area (Å²) in [6.45, 7) is 2.89. The molecule has 0 atom stereocenters. The highest BCUT2D eigenvalue weighted by Gasteiger charge is 2.11. The van der Waals surface area contributed by atoms with Gasteiger partial charge in [0.1, 0.15) is 12.4 Å². The Kier molecular flexibility index (Phi) is 5.12. The number of nitrogens with one attached hydrogen (secondary N) is 1. The van der Waals surface area contributed by atoms with Crippen molar-refractivity contribution in [2.45, 2.75) is 20.1 Å². The summed E-state index contributed by atoms with van der Waals surface area (Å²) in [6.07, 6.45) is 1.78. The number of rotatable bonds is 6. The first-order valence-corrected chi connectivity index (χ1v) is 9.93. The first-order chi connectivity index (χ1) is 13.6. The zero-order valence-corrected chi connectivity index (χ0v) is 16.6. The molecule has 0 bridgehead atoms. The van der Waals surface area contributed by atoms with Crippen LogP contribution in [-0.2, 0) is 20.2 Å². The molecule has 0 radical (unpaired) electrons. The van der Waals surface area contributed by atoms with Crippen molar-refractivity contribution in [3.8, 4) is 5.75 Å². The Bertz CT molecular complexity index is 1130. The molecule has 1 N–H and O–H groups in total. The zero-order chi connectivity index (χ0) is 19.5. The third-order valence-electron chi connectivity index (χ3n) is 4.78. The molecule has 142 valence electrons. The molecular formula is C22H21N3O2S. The van der Waals surface area contributed by atoms with Gasteiger partial charge < -0.3 is 10.1 Å². The molecule has 0 saturated heterocycles. The Morgan fingerprint density at radius 2 is 2.00 bits per heavy atom. The van der Waals surface area contributed by atoms with Gasteiger partial charge in [-0.3, -0.25) is 9.48 Å². The third-order valence-corrected chi connectivity index (χ3v) is 5.76. The number of thiophene rings is 1. The van der Waals surface area contributed by atoms with Crippen LogP contribution >= 0.6 is 11.3 Å². The number of benzene rings is 2. The highest BCUT2D eigenvalue weighted by molar-refractivity contribution is 7.12. The highest BCUT2D eigenvalue weighted by Crippen LogP contribution is 2.22. The smallest absolute Gasteiger partial charge is 0.261 e. The van der Waals surface area contributed by atoms with Gasteiger partial charge in [0, 0.05) is 30.4 Å². The van der Waals surface area contributed by atoms with Gasteiger partial charge in [0.15, 0.2) is 0 Å². The second kappa shape index (κ2) is 7.86. The van der Waals surface area contributed by atoms with E-state index < -0.39 is 0 Å². The number of aromatic nitrogens is 2. The number of fused-ring (bicyclic) bond motifs is 1. The van der Waals surface area contributed by atoms with E-state index in [0.717, 1.165) is 28.0 Å². The third kappa shape index (κ3) is 3.92. The SMILES string of the molecule is Cc1c(CNC(=O)c2cc(COc3ccc4ccccc4c3)cs2)cnn1C. The molecule has 5 nitrogen and oxygen atoms in total. The fourth-order valence-corrected chi connectivity index (χ4v) is 3.79. The summed E-state index contributed by atoms with van der Waals surface area (Å²) in [4.78, 5) is 13.1. The molecule has 0 aliphatic heterocycles. The van der Waals surface area contributed by atoms with Crippen molar-refractivity contribution in [1.82, 2.24) is 15.1 Å². The van der Waals surface area contributed by atoms with Crippen molar-refractivity contribution in [2.75, 3.05) is 0 Å². The van der Waals surface area contributed by atoms with Crippen molar-refractivity contribution in [2.24, 2.45) is 7.05 Å². The Labute approximate surface area is 167 Å². The molecule has 0 aliphatic carbocycles. The monoisotopic (exact) mass is 391 g/mol. The second-order valence-corrected chi connectivity index (χ2v) is 7.59. The van der Waals surface area contributed by atoms with Crippen LogP contribution in [0.4, 0.5) is 0 Å². The zero-order valence-electron chi connectivity index (χ0n) is 15.8. The summed E-state index contributed by atoms with van der Waals surface area (Å²) in [5, 5.41) is 11.4. The molecule has 4 rings (SSSR count). The maximum absolute atomic E-state index is 12.4. The largest absolute Gasteiger partial charge is 0.489 e. The molecule has 0 fully saturated rings. The van der Waals surface area contributed by atoms with E-state index in [1.165, 1.54) is 16.7 Å². The van der Waals surface area contributed by atoms with Gasteiger partial charge in [-0.05, 0) is 41.3 Å². The van der Waals surface area contributed by atoms with Gasteiger partial charge in [-0.2, -0.15) is 5.10 Å². The molecule has 2 aromatic carbocycles. The van der Waals surface area contributed by atoms with Crippen LogP contribution in [0.5, 0.6) is 5.75 Å². The first-order valence-electron chi connectivity index (χ1n) is 9.05. The van der Waals surface area contributed by atoms with E-state index in [1.807, 2.05) is 49.7 Å². The van der Waals surface area contributed by atoms with Gasteiger partial charge in [-0.1, -0.05) is 30.3 Å². The number of hydrogen-bond donors (Lipinski definition) is 1. The Morgan fingerprint density at radius 3 is 2.79 bits per heavy atom. The summed E-state index contributed by atoms with van der Waals surface area (Å²) in [5.74, 6) is 0.744. The van der Waals surface area contributed by atoms with E-state index in [4.69, 9.17) is 4.74 Å². The summed E-state index contributed by atoms with van der Waals surface area (Å²) >= 11 is 1.43. The van der Waals surface area contributed by atoms with E-state index in [2.05, 4.69) is 28.6 Å². The van der Waals surface area contributed by atoms with Crippen molar-refractivity contribution < 1.29 is 9.53 Å². The van der Waals surface area contributed by atoms with Gasteiger partial charge in [0.05, 0.1) is 11.1 Å². The number of nitrogens with zero attached hydrogens (tertiary/aromatic N) is 2. The number of amides is 1. The van der Waals surface area contributed by atoms with E-state index in [9.17, 15) is 4.79 Å². The highest BCUT2D eigenvalue weighted by atomic mass is 32.1. The minimum Gasteiger partial charge on any atom is -0.489 e. The average Bonchev–Trinajstić information content (AvgIpc) is 3.32. The van der Waals surface area contributed by atoms with E-state index in [1.54, 1.807) is 10.9 Å². The summed E-state index contributed by atoms with van der Waals surface area (Å²) in [5.41, 5.74) is 3.06. The lowest BCUT2D eigenvalue weighted by Gasteiger charge is -2.06. The topological polar surface area (TPSA) is 56.1 Å². The van der Waals surface area contributed by atoms with Crippen molar-refractivity contribution in [3.05, 3.63) is 81.8 Å². The van der Waals surface area contributed by atoms with E-state index >= 15 is 0 Å². The predicted octanol–water partition coefficient (Wildman–Crippen LogP) is 4.45. The van der Waals surface area contributed by atoms with Crippen molar-refractivity contribution in [1.29, 1.82) is 0 Å². The van der Waals surface area contributed by atoms with E-state index in [-0.39, 0.29) is 5.91 Å². The first kappa shape index (κ1) is 18.3. The van der Waals surface area contributed by atoms with Crippen LogP contribution in [0.1, 0.15) is 26.5 Å². The van der Waals surface area contributed by atoms with E-state index in [0.29, 0.717) is 18.0 Å². The molecule has 0 aliphatic rings. The normalized spacial score (nSPS) is 10.9. The summed E-state index contributed by atoms with van der Waals surface area (Å²) < 4.78 is 7.71. The molecule has 28 heavy (non-hydrogen) atoms. The maximum Gasteiger partial charge on any atom is 0.261 e. The van der Waals surface area contributed by atoms with Crippen LogP contribution in [-0.4, -0.2) is 15.7 Å². The lowest BCUT2D eigenvalue weighted by molar-refractivity contribution is 0.0955. The summed E-state index contributed by atoms with van der Waals surface area (Å²) in [6, 6.07) is 16.1. The number of hydrogen-bond acceptors (Lipinski definition) is 4. The molecule has 6 heteroatoms. The fourth-order valence-electron chi connectivity index (χ4n) is 2.97. The molecule has 1 amide bonds. The molecular weight excluding hydrogens is 370 g/mol. The van der Waals surface area contributed by atoms with Crippen LogP contribution in [0.25, 0.3) is 10.8 Å². The number of aryl methyl sites for hydroxylation is 1. The van der Waals surface area contributed by atoms with Crippen LogP contribution in [0.15, 0.2) is 60.1 Å². The second-order valence-electron chi connectivity index (χ2n) is 6.68. The molecule has 2 heterocycles. The predicted molar refractivity (Wildman–Crippen MR) is 112 cm³/mol. The lowest BCUT2D eigenvalue weighted by atomic mass is 10.1. The van der Waals surface area contributed by atoms with Crippen molar-refractivity contribution >= 4 is 28.0 Å². The minimum atomic E-state index is -0.0785. The number of carbonyl (C=O) groups is 1. The Balaban J connectivity index is 1.35. The maximum atomic E-state index is 12.4. The number of carbonyl (C=O) groups excluding carboxylic acids is 1. The molecule has 0 unspecified atom stereocenters. The van der Waals surface area contributed by atoms with Crippen LogP contribution < -0.4 is 10.1 Å². The lowest BCUT2D eigenvalue weighted by Crippen LogP contribution is -2.22.